The van der Waals surface area contributed by atoms with Gasteiger partial charge in [-0.1, -0.05) is 38.8 Å². The number of aliphatic imine (C=N–C) groups is 1. The molecule has 0 spiro atoms. The molecule has 3 N–H and O–H groups in total. The van der Waals surface area contributed by atoms with Gasteiger partial charge in [-0.2, -0.15) is 0 Å². The Morgan fingerprint density at radius 2 is 1.78 bits per heavy atom. The topological polar surface area (TPSA) is 91.8 Å². The van der Waals surface area contributed by atoms with Gasteiger partial charge in [0.2, 0.25) is 10.0 Å². The maximum atomic E-state index is 12.1. The van der Waals surface area contributed by atoms with Gasteiger partial charge in [-0.3, -0.25) is 4.99 Å². The average molecular weight is 512 g/mol. The first-order valence-electron chi connectivity index (χ1n) is 8.98. The van der Waals surface area contributed by atoms with Crippen LogP contribution in [0.3, 0.4) is 0 Å². The minimum absolute atomic E-state index is 0. The second-order valence-electron chi connectivity index (χ2n) is 6.02. The minimum Gasteiger partial charge on any atom is -0.383 e. The van der Waals surface area contributed by atoms with Crippen molar-refractivity contribution in [2.75, 3.05) is 33.9 Å². The molecule has 1 aromatic carbocycles. The van der Waals surface area contributed by atoms with E-state index in [4.69, 9.17) is 4.74 Å². The van der Waals surface area contributed by atoms with Crippen molar-refractivity contribution in [3.63, 3.8) is 0 Å². The van der Waals surface area contributed by atoms with E-state index in [-0.39, 0.29) is 35.4 Å². The number of halogens is 1. The maximum Gasteiger partial charge on any atom is 0.240 e. The van der Waals surface area contributed by atoms with Gasteiger partial charge in [0.05, 0.1) is 11.5 Å². The third kappa shape index (κ3) is 9.72. The summed E-state index contributed by atoms with van der Waals surface area (Å²) in [5.74, 6) is 1.37. The third-order valence-corrected chi connectivity index (χ3v) is 5.71. The van der Waals surface area contributed by atoms with Crippen molar-refractivity contribution in [2.24, 2.45) is 10.9 Å². The molecule has 0 saturated heterocycles. The molecule has 9 heteroatoms. The molecule has 0 saturated carbocycles. The van der Waals surface area contributed by atoms with Crippen LogP contribution in [-0.2, 0) is 21.3 Å². The van der Waals surface area contributed by atoms with E-state index >= 15 is 0 Å². The van der Waals surface area contributed by atoms with Crippen LogP contribution in [0.25, 0.3) is 0 Å². The van der Waals surface area contributed by atoms with Crippen LogP contribution < -0.4 is 15.4 Å². The normalized spacial score (nSPS) is 12.0. The van der Waals surface area contributed by atoms with Crippen molar-refractivity contribution in [1.29, 1.82) is 0 Å². The Bertz CT molecular complexity index is 647. The standard InChI is InChI=1S/C18H32N4O3S.HI/c1-5-15(6-2)13-20-18(19-3)21-14-16-7-9-17(10-8-16)26(23,24)22-11-12-25-4;/h7-10,15,22H,5-6,11-14H2,1-4H3,(H2,19,20,21);1H. The summed E-state index contributed by atoms with van der Waals surface area (Å²) in [6.45, 7) is 6.42. The molecule has 0 aliphatic heterocycles. The molecule has 0 aromatic heterocycles. The highest BCUT2D eigenvalue weighted by Crippen LogP contribution is 2.10. The van der Waals surface area contributed by atoms with E-state index < -0.39 is 10.0 Å². The van der Waals surface area contributed by atoms with Crippen LogP contribution in [0.15, 0.2) is 34.2 Å². The van der Waals surface area contributed by atoms with Gasteiger partial charge in [0.25, 0.3) is 0 Å². The SMILES string of the molecule is CCC(CC)CNC(=NC)NCc1ccc(S(=O)(=O)NCCOC)cc1.I. The summed E-state index contributed by atoms with van der Waals surface area (Å²) < 4.78 is 31.6. The van der Waals surface area contributed by atoms with Crippen LogP contribution in [0.1, 0.15) is 32.3 Å². The molecule has 7 nitrogen and oxygen atoms in total. The average Bonchev–Trinajstić information content (AvgIpc) is 2.65. The van der Waals surface area contributed by atoms with Crippen LogP contribution in [-0.4, -0.2) is 48.2 Å². The van der Waals surface area contributed by atoms with Crippen molar-refractivity contribution in [2.45, 2.75) is 38.1 Å². The Morgan fingerprint density at radius 1 is 1.15 bits per heavy atom. The van der Waals surface area contributed by atoms with Gasteiger partial charge in [-0.25, -0.2) is 13.1 Å². The predicted octanol–water partition coefficient (Wildman–Crippen LogP) is 2.33. The Balaban J connectivity index is 0.00000676. The van der Waals surface area contributed by atoms with Crippen LogP contribution in [0.4, 0.5) is 0 Å². The highest BCUT2D eigenvalue weighted by atomic mass is 127. The van der Waals surface area contributed by atoms with Crippen LogP contribution in [0.5, 0.6) is 0 Å². The molecule has 0 amide bonds. The molecule has 27 heavy (non-hydrogen) atoms. The molecule has 1 rings (SSSR count). The number of ether oxygens (including phenoxy) is 1. The van der Waals surface area contributed by atoms with E-state index in [1.54, 1.807) is 31.3 Å². The number of benzene rings is 1. The molecule has 156 valence electrons. The Morgan fingerprint density at radius 3 is 2.30 bits per heavy atom. The van der Waals surface area contributed by atoms with E-state index in [0.29, 0.717) is 19.1 Å². The maximum absolute atomic E-state index is 12.1. The van der Waals surface area contributed by atoms with Gasteiger partial charge in [0.1, 0.15) is 0 Å². The Hall–Kier alpha value is -0.910. The highest BCUT2D eigenvalue weighted by molar-refractivity contribution is 14.0. The second-order valence-corrected chi connectivity index (χ2v) is 7.79. The molecule has 0 heterocycles. The zero-order valence-electron chi connectivity index (χ0n) is 16.6. The molecular weight excluding hydrogens is 479 g/mol. The first-order valence-corrected chi connectivity index (χ1v) is 10.5. The van der Waals surface area contributed by atoms with E-state index in [9.17, 15) is 8.42 Å². The highest BCUT2D eigenvalue weighted by Gasteiger charge is 2.13. The minimum atomic E-state index is -3.50. The van der Waals surface area contributed by atoms with E-state index in [1.165, 1.54) is 7.11 Å². The molecule has 0 fully saturated rings. The summed E-state index contributed by atoms with van der Waals surface area (Å²) in [6.07, 6.45) is 2.27. The number of hydrogen-bond acceptors (Lipinski definition) is 4. The van der Waals surface area contributed by atoms with Gasteiger partial charge in [0, 0.05) is 33.8 Å². The lowest BCUT2D eigenvalue weighted by atomic mass is 10.0. The second kappa shape index (κ2) is 14.1. The number of guanidine groups is 1. The number of nitrogens with one attached hydrogen (secondary N) is 3. The number of methoxy groups -OCH3 is 1. The molecular formula is C18H33IN4O3S. The van der Waals surface area contributed by atoms with Gasteiger partial charge in [0.15, 0.2) is 5.96 Å². The quantitative estimate of drug-likeness (QED) is 0.183. The molecule has 0 atom stereocenters. The lowest BCUT2D eigenvalue weighted by molar-refractivity contribution is 0.204. The first kappa shape index (κ1) is 26.1. The molecule has 0 bridgehead atoms. The van der Waals surface area contributed by atoms with Gasteiger partial charge in [-0.15, -0.1) is 24.0 Å². The van der Waals surface area contributed by atoms with E-state index in [0.717, 1.165) is 30.9 Å². The third-order valence-electron chi connectivity index (χ3n) is 4.23. The summed E-state index contributed by atoms with van der Waals surface area (Å²) in [5, 5.41) is 6.57. The van der Waals surface area contributed by atoms with Crippen LogP contribution >= 0.6 is 24.0 Å². The fourth-order valence-electron chi connectivity index (χ4n) is 2.37. The van der Waals surface area contributed by atoms with Crippen LogP contribution in [0.2, 0.25) is 0 Å². The first-order chi connectivity index (χ1) is 12.5. The van der Waals surface area contributed by atoms with Gasteiger partial charge >= 0.3 is 0 Å². The predicted molar refractivity (Wildman–Crippen MR) is 121 cm³/mol. The molecule has 0 aliphatic carbocycles. The smallest absolute Gasteiger partial charge is 0.240 e. The number of hydrogen-bond donors (Lipinski definition) is 3. The van der Waals surface area contributed by atoms with Crippen molar-refractivity contribution >= 4 is 40.0 Å². The summed E-state index contributed by atoms with van der Waals surface area (Å²) >= 11 is 0. The summed E-state index contributed by atoms with van der Waals surface area (Å²) in [7, 11) is -0.225. The largest absolute Gasteiger partial charge is 0.383 e. The zero-order chi connectivity index (χ0) is 19.4. The monoisotopic (exact) mass is 512 g/mol. The summed E-state index contributed by atoms with van der Waals surface area (Å²) in [6, 6.07) is 6.80. The van der Waals surface area contributed by atoms with Crippen LogP contribution in [0, 0.1) is 5.92 Å². The zero-order valence-corrected chi connectivity index (χ0v) is 19.8. The number of sulfonamides is 1. The van der Waals surface area contributed by atoms with Gasteiger partial charge in [-0.05, 0) is 23.6 Å². The number of nitrogens with zero attached hydrogens (tertiary/aromatic N) is 1. The van der Waals surface area contributed by atoms with E-state index in [1.807, 2.05) is 0 Å². The molecule has 0 radical (unpaired) electrons. The number of rotatable bonds is 11. The summed E-state index contributed by atoms with van der Waals surface area (Å²) in [4.78, 5) is 4.46. The lowest BCUT2D eigenvalue weighted by Gasteiger charge is -2.16. The molecule has 1 aromatic rings. The fourth-order valence-corrected chi connectivity index (χ4v) is 3.39. The Kier molecular flexibility index (Phi) is 13.7. The molecule has 0 unspecified atom stereocenters. The summed E-state index contributed by atoms with van der Waals surface area (Å²) in [5.41, 5.74) is 0.978. The Labute approximate surface area is 180 Å². The van der Waals surface area contributed by atoms with Crippen molar-refractivity contribution in [3.05, 3.63) is 29.8 Å². The lowest BCUT2D eigenvalue weighted by Crippen LogP contribution is -2.39. The van der Waals surface area contributed by atoms with Gasteiger partial charge < -0.3 is 15.4 Å². The van der Waals surface area contributed by atoms with E-state index in [2.05, 4.69) is 34.2 Å². The van der Waals surface area contributed by atoms with Crippen molar-refractivity contribution in [1.82, 2.24) is 15.4 Å². The van der Waals surface area contributed by atoms with Crippen molar-refractivity contribution < 1.29 is 13.2 Å². The van der Waals surface area contributed by atoms with Crippen molar-refractivity contribution in [3.8, 4) is 0 Å². The fraction of sp³-hybridized carbons (Fsp3) is 0.611. The molecule has 0 aliphatic rings.